The Kier molecular flexibility index (Phi) is 6.84. The van der Waals surface area contributed by atoms with Gasteiger partial charge in [0.25, 0.3) is 0 Å². The topological polar surface area (TPSA) is 95.7 Å². The molecule has 2 aromatic carbocycles. The third kappa shape index (κ3) is 5.05. The summed E-state index contributed by atoms with van der Waals surface area (Å²) in [5, 5.41) is 6.70. The molecule has 9 heteroatoms. The standard InChI is InChI=1S/C21H22FN3O5/c1-27-16-11-13(12-17(28-2)20(16)29-3)21-24-19(30-25-21)6-4-5-18(26)23-15-9-7-14(22)8-10-15/h7-12H,4-6H2,1-3H3,(H,23,26). The third-order valence-corrected chi connectivity index (χ3v) is 4.31. The fourth-order valence-electron chi connectivity index (χ4n) is 2.84. The van der Waals surface area contributed by atoms with Gasteiger partial charge in [-0.1, -0.05) is 5.16 Å². The summed E-state index contributed by atoms with van der Waals surface area (Å²) >= 11 is 0. The zero-order valence-electron chi connectivity index (χ0n) is 16.9. The predicted octanol–water partition coefficient (Wildman–Crippen LogP) is 3.86. The molecule has 0 saturated heterocycles. The Labute approximate surface area is 173 Å². The molecule has 3 rings (SSSR count). The number of nitrogens with one attached hydrogen (secondary N) is 1. The quantitative estimate of drug-likeness (QED) is 0.567. The number of carbonyl (C=O) groups excluding carboxylic acids is 1. The van der Waals surface area contributed by atoms with E-state index >= 15 is 0 Å². The zero-order chi connectivity index (χ0) is 21.5. The molecule has 0 saturated carbocycles. The van der Waals surface area contributed by atoms with Gasteiger partial charge in [-0.3, -0.25) is 4.79 Å². The Morgan fingerprint density at radius 1 is 1.07 bits per heavy atom. The lowest BCUT2D eigenvalue weighted by Gasteiger charge is -2.12. The van der Waals surface area contributed by atoms with Crippen LogP contribution in [0.5, 0.6) is 17.2 Å². The highest BCUT2D eigenvalue weighted by Gasteiger charge is 2.17. The molecular weight excluding hydrogens is 393 g/mol. The van der Waals surface area contributed by atoms with Crippen LogP contribution in [0, 0.1) is 5.82 Å². The highest BCUT2D eigenvalue weighted by atomic mass is 19.1. The summed E-state index contributed by atoms with van der Waals surface area (Å²) in [5.41, 5.74) is 1.19. The maximum absolute atomic E-state index is 12.9. The van der Waals surface area contributed by atoms with Crippen LogP contribution in [0.15, 0.2) is 40.9 Å². The molecule has 1 aromatic heterocycles. The summed E-state index contributed by atoms with van der Waals surface area (Å²) in [6.07, 6.45) is 1.22. The van der Waals surface area contributed by atoms with Crippen LogP contribution in [0.2, 0.25) is 0 Å². The molecule has 0 unspecified atom stereocenters. The van der Waals surface area contributed by atoms with E-state index in [-0.39, 0.29) is 18.1 Å². The van der Waals surface area contributed by atoms with Crippen LogP contribution in [-0.2, 0) is 11.2 Å². The van der Waals surface area contributed by atoms with Crippen LogP contribution >= 0.6 is 0 Å². The Morgan fingerprint density at radius 2 is 1.73 bits per heavy atom. The number of hydrogen-bond acceptors (Lipinski definition) is 7. The number of amides is 1. The molecule has 0 atom stereocenters. The highest BCUT2D eigenvalue weighted by molar-refractivity contribution is 5.90. The average Bonchev–Trinajstić information content (AvgIpc) is 3.23. The first-order chi connectivity index (χ1) is 14.5. The smallest absolute Gasteiger partial charge is 0.226 e. The lowest BCUT2D eigenvalue weighted by atomic mass is 10.1. The number of hydrogen-bond donors (Lipinski definition) is 1. The van der Waals surface area contributed by atoms with Crippen LogP contribution in [0.1, 0.15) is 18.7 Å². The average molecular weight is 415 g/mol. The van der Waals surface area contributed by atoms with E-state index in [4.69, 9.17) is 18.7 Å². The number of ether oxygens (including phenoxy) is 3. The van der Waals surface area contributed by atoms with Gasteiger partial charge in [0.15, 0.2) is 11.5 Å². The maximum atomic E-state index is 12.9. The van der Waals surface area contributed by atoms with Gasteiger partial charge in [0.05, 0.1) is 21.3 Å². The van der Waals surface area contributed by atoms with Gasteiger partial charge in [-0.05, 0) is 42.8 Å². The van der Waals surface area contributed by atoms with Crippen molar-refractivity contribution in [3.05, 3.63) is 48.1 Å². The van der Waals surface area contributed by atoms with Gasteiger partial charge in [-0.15, -0.1) is 0 Å². The minimum absolute atomic E-state index is 0.175. The first-order valence-electron chi connectivity index (χ1n) is 9.22. The van der Waals surface area contributed by atoms with E-state index in [1.807, 2.05) is 0 Å². The zero-order valence-corrected chi connectivity index (χ0v) is 16.9. The largest absolute Gasteiger partial charge is 0.493 e. The minimum atomic E-state index is -0.354. The van der Waals surface area contributed by atoms with Crippen molar-refractivity contribution < 1.29 is 27.9 Å². The first-order valence-corrected chi connectivity index (χ1v) is 9.22. The van der Waals surface area contributed by atoms with E-state index in [9.17, 15) is 9.18 Å². The summed E-state index contributed by atoms with van der Waals surface area (Å²) in [4.78, 5) is 16.4. The van der Waals surface area contributed by atoms with Crippen molar-refractivity contribution in [2.45, 2.75) is 19.3 Å². The van der Waals surface area contributed by atoms with Gasteiger partial charge >= 0.3 is 0 Å². The molecule has 8 nitrogen and oxygen atoms in total. The van der Waals surface area contributed by atoms with Gasteiger partial charge in [-0.25, -0.2) is 4.39 Å². The van der Waals surface area contributed by atoms with Gasteiger partial charge in [0.1, 0.15) is 5.82 Å². The summed E-state index contributed by atoms with van der Waals surface area (Å²) in [6, 6.07) is 9.06. The second kappa shape index (κ2) is 9.73. The molecule has 158 valence electrons. The molecule has 1 amide bonds. The van der Waals surface area contributed by atoms with Crippen molar-refractivity contribution in [1.29, 1.82) is 0 Å². The summed E-state index contributed by atoms with van der Waals surface area (Å²) in [7, 11) is 4.58. The lowest BCUT2D eigenvalue weighted by molar-refractivity contribution is -0.116. The van der Waals surface area contributed by atoms with Gasteiger partial charge in [0.2, 0.25) is 23.4 Å². The number of methoxy groups -OCH3 is 3. The van der Waals surface area contributed by atoms with Crippen molar-refractivity contribution in [2.24, 2.45) is 0 Å². The predicted molar refractivity (Wildman–Crippen MR) is 107 cm³/mol. The molecule has 1 heterocycles. The summed E-state index contributed by atoms with van der Waals surface area (Å²) in [5.74, 6) is 1.69. The number of rotatable bonds is 9. The number of aryl methyl sites for hydroxylation is 1. The molecule has 0 radical (unpaired) electrons. The number of halogens is 1. The Hall–Kier alpha value is -3.62. The van der Waals surface area contributed by atoms with E-state index in [1.165, 1.54) is 45.6 Å². The molecule has 3 aromatic rings. The number of benzene rings is 2. The lowest BCUT2D eigenvalue weighted by Crippen LogP contribution is -2.11. The number of aromatic nitrogens is 2. The molecule has 0 aliphatic heterocycles. The van der Waals surface area contributed by atoms with Gasteiger partial charge in [-0.2, -0.15) is 4.98 Å². The van der Waals surface area contributed by atoms with Crippen molar-refractivity contribution in [1.82, 2.24) is 10.1 Å². The molecule has 0 aliphatic carbocycles. The normalized spacial score (nSPS) is 10.5. The monoisotopic (exact) mass is 415 g/mol. The van der Waals surface area contributed by atoms with E-state index in [0.717, 1.165) is 0 Å². The fourth-order valence-corrected chi connectivity index (χ4v) is 2.84. The minimum Gasteiger partial charge on any atom is -0.493 e. The van der Waals surface area contributed by atoms with Gasteiger partial charge in [0, 0.05) is 24.1 Å². The first kappa shape index (κ1) is 21.1. The Bertz CT molecular complexity index is 979. The van der Waals surface area contributed by atoms with E-state index in [2.05, 4.69) is 15.5 Å². The molecule has 0 fully saturated rings. The summed E-state index contributed by atoms with van der Waals surface area (Å²) in [6.45, 7) is 0. The Morgan fingerprint density at radius 3 is 2.33 bits per heavy atom. The molecular formula is C21H22FN3O5. The van der Waals surface area contributed by atoms with E-state index in [1.54, 1.807) is 12.1 Å². The molecule has 30 heavy (non-hydrogen) atoms. The van der Waals surface area contributed by atoms with Crippen molar-refractivity contribution >= 4 is 11.6 Å². The summed E-state index contributed by atoms with van der Waals surface area (Å²) < 4.78 is 34.2. The third-order valence-electron chi connectivity index (χ3n) is 4.31. The second-order valence-corrected chi connectivity index (χ2v) is 6.33. The van der Waals surface area contributed by atoms with Gasteiger partial charge < -0.3 is 24.1 Å². The van der Waals surface area contributed by atoms with Crippen LogP contribution < -0.4 is 19.5 Å². The van der Waals surface area contributed by atoms with E-state index in [0.29, 0.717) is 53.1 Å². The van der Waals surface area contributed by atoms with Crippen LogP contribution in [0.25, 0.3) is 11.4 Å². The Balaban J connectivity index is 1.60. The molecule has 0 spiro atoms. The molecule has 1 N–H and O–H groups in total. The van der Waals surface area contributed by atoms with E-state index < -0.39 is 0 Å². The fraction of sp³-hybridized carbons (Fsp3) is 0.286. The number of nitrogens with zero attached hydrogens (tertiary/aromatic N) is 2. The van der Waals surface area contributed by atoms with Crippen LogP contribution in [0.3, 0.4) is 0 Å². The number of carbonyl (C=O) groups is 1. The van der Waals surface area contributed by atoms with Crippen LogP contribution in [-0.4, -0.2) is 37.4 Å². The van der Waals surface area contributed by atoms with Crippen molar-refractivity contribution in [3.63, 3.8) is 0 Å². The van der Waals surface area contributed by atoms with Crippen molar-refractivity contribution in [3.8, 4) is 28.6 Å². The SMILES string of the molecule is COc1cc(-c2noc(CCCC(=O)Nc3ccc(F)cc3)n2)cc(OC)c1OC. The number of anilines is 1. The van der Waals surface area contributed by atoms with Crippen LogP contribution in [0.4, 0.5) is 10.1 Å². The maximum Gasteiger partial charge on any atom is 0.226 e. The second-order valence-electron chi connectivity index (χ2n) is 6.33. The molecule has 0 aliphatic rings. The van der Waals surface area contributed by atoms with Crippen molar-refractivity contribution in [2.75, 3.05) is 26.6 Å². The molecule has 0 bridgehead atoms. The highest BCUT2D eigenvalue weighted by Crippen LogP contribution is 2.40.